The van der Waals surface area contributed by atoms with Crippen LogP contribution in [0.4, 0.5) is 0 Å². The minimum Gasteiger partial charge on any atom is -0.496 e. The molecule has 0 amide bonds. The molecule has 3 rings (SSSR count). The molecule has 116 valence electrons. The first-order valence-electron chi connectivity index (χ1n) is 7.63. The molecule has 0 N–H and O–H groups in total. The van der Waals surface area contributed by atoms with Crippen molar-refractivity contribution in [3.05, 3.63) is 48.0 Å². The molecule has 0 aliphatic carbocycles. The van der Waals surface area contributed by atoms with E-state index in [1.54, 1.807) is 14.2 Å². The fourth-order valence-corrected chi connectivity index (χ4v) is 3.49. The molecule has 1 heterocycles. The molecule has 0 aromatic heterocycles. The predicted octanol–water partition coefficient (Wildman–Crippen LogP) is 4.44. The van der Waals surface area contributed by atoms with Crippen LogP contribution in [0.15, 0.2) is 36.9 Å². The first kappa shape index (κ1) is 14.9. The Morgan fingerprint density at radius 1 is 1.18 bits per heavy atom. The normalized spacial score (nSPS) is 20.5. The lowest BCUT2D eigenvalue weighted by Gasteiger charge is -2.33. The molecule has 0 spiro atoms. The summed E-state index contributed by atoms with van der Waals surface area (Å²) in [5.74, 6) is 1.84. The third-order valence-corrected chi connectivity index (χ3v) is 4.33. The molecule has 0 saturated heterocycles. The van der Waals surface area contributed by atoms with Crippen molar-refractivity contribution in [2.45, 2.75) is 32.0 Å². The van der Waals surface area contributed by atoms with E-state index in [1.165, 1.54) is 5.56 Å². The average molecular weight is 298 g/mol. The fourth-order valence-electron chi connectivity index (χ4n) is 3.49. The zero-order valence-electron chi connectivity index (χ0n) is 13.4. The molecule has 1 aliphatic heterocycles. The summed E-state index contributed by atoms with van der Waals surface area (Å²) in [4.78, 5) is 0. The highest BCUT2D eigenvalue weighted by atomic mass is 16.5. The zero-order valence-corrected chi connectivity index (χ0v) is 13.4. The molecule has 2 aromatic carbocycles. The van der Waals surface area contributed by atoms with E-state index in [-0.39, 0.29) is 12.2 Å². The molecule has 2 atom stereocenters. The number of ether oxygens (including phenoxy) is 3. The average Bonchev–Trinajstić information content (AvgIpc) is 2.53. The minimum atomic E-state index is -0.0258. The lowest BCUT2D eigenvalue weighted by atomic mass is 9.88. The van der Waals surface area contributed by atoms with Gasteiger partial charge in [-0.25, -0.2) is 0 Å². The Kier molecular flexibility index (Phi) is 4.08. The molecule has 22 heavy (non-hydrogen) atoms. The molecule has 0 unspecified atom stereocenters. The second-order valence-electron chi connectivity index (χ2n) is 5.63. The molecule has 3 nitrogen and oxygen atoms in total. The largest absolute Gasteiger partial charge is 0.496 e. The maximum absolute atomic E-state index is 6.14. The lowest BCUT2D eigenvalue weighted by Crippen LogP contribution is -2.25. The van der Waals surface area contributed by atoms with E-state index in [2.05, 4.69) is 25.6 Å². The van der Waals surface area contributed by atoms with Gasteiger partial charge in [0.1, 0.15) is 11.5 Å². The van der Waals surface area contributed by atoms with Crippen molar-refractivity contribution in [3.8, 4) is 11.5 Å². The Morgan fingerprint density at radius 2 is 1.82 bits per heavy atom. The SMILES string of the molecule is C=CC[C@H]1Cc2c(c(OC)c3ccccc3c2OC)[C@@H](C)O1. The molecule has 0 bridgehead atoms. The minimum absolute atomic E-state index is 0.0258. The Morgan fingerprint density at radius 3 is 2.41 bits per heavy atom. The van der Waals surface area contributed by atoms with Crippen LogP contribution < -0.4 is 9.47 Å². The molecule has 1 aliphatic rings. The zero-order chi connectivity index (χ0) is 15.7. The summed E-state index contributed by atoms with van der Waals surface area (Å²) in [6.45, 7) is 5.90. The van der Waals surface area contributed by atoms with E-state index < -0.39 is 0 Å². The first-order valence-corrected chi connectivity index (χ1v) is 7.63. The number of benzene rings is 2. The van der Waals surface area contributed by atoms with Crippen LogP contribution in [0.1, 0.15) is 30.6 Å². The molecule has 2 aromatic rings. The van der Waals surface area contributed by atoms with Gasteiger partial charge >= 0.3 is 0 Å². The van der Waals surface area contributed by atoms with Crippen molar-refractivity contribution < 1.29 is 14.2 Å². The van der Waals surface area contributed by atoms with Crippen LogP contribution in [0.2, 0.25) is 0 Å². The summed E-state index contributed by atoms with van der Waals surface area (Å²) in [6.07, 6.45) is 3.67. The van der Waals surface area contributed by atoms with Gasteiger partial charge in [-0.3, -0.25) is 0 Å². The van der Waals surface area contributed by atoms with Gasteiger partial charge < -0.3 is 14.2 Å². The van der Waals surface area contributed by atoms with Crippen molar-refractivity contribution in [1.82, 2.24) is 0 Å². The smallest absolute Gasteiger partial charge is 0.133 e. The summed E-state index contributed by atoms with van der Waals surface area (Å²) < 4.78 is 17.6. The van der Waals surface area contributed by atoms with Crippen LogP contribution >= 0.6 is 0 Å². The van der Waals surface area contributed by atoms with E-state index in [0.717, 1.165) is 40.7 Å². The highest BCUT2D eigenvalue weighted by Gasteiger charge is 2.31. The van der Waals surface area contributed by atoms with Crippen LogP contribution in [0, 0.1) is 0 Å². The first-order chi connectivity index (χ1) is 10.7. The molecule has 3 heteroatoms. The Bertz CT molecular complexity index is 705. The van der Waals surface area contributed by atoms with Gasteiger partial charge in [-0.1, -0.05) is 30.3 Å². The third-order valence-electron chi connectivity index (χ3n) is 4.33. The standard InChI is InChI=1S/C19H22O3/c1-5-8-13-11-16-17(12(2)22-13)19(21-4)15-10-7-6-9-14(15)18(16)20-3/h5-7,9-10,12-13H,1,8,11H2,2-4H3/t12-,13+/m1/s1. The van der Waals surface area contributed by atoms with Gasteiger partial charge in [-0.2, -0.15) is 0 Å². The number of hydrogen-bond donors (Lipinski definition) is 0. The van der Waals surface area contributed by atoms with E-state index in [9.17, 15) is 0 Å². The number of methoxy groups -OCH3 is 2. The highest BCUT2D eigenvalue weighted by Crippen LogP contribution is 2.47. The quantitative estimate of drug-likeness (QED) is 0.781. The fraction of sp³-hybridized carbons (Fsp3) is 0.368. The van der Waals surface area contributed by atoms with Crippen LogP contribution in [0.3, 0.4) is 0 Å². The van der Waals surface area contributed by atoms with Crippen molar-refractivity contribution in [2.24, 2.45) is 0 Å². The van der Waals surface area contributed by atoms with Gasteiger partial charge in [0.25, 0.3) is 0 Å². The van der Waals surface area contributed by atoms with Crippen LogP contribution in [-0.4, -0.2) is 20.3 Å². The van der Waals surface area contributed by atoms with Crippen molar-refractivity contribution in [1.29, 1.82) is 0 Å². The Hall–Kier alpha value is -2.00. The van der Waals surface area contributed by atoms with Crippen molar-refractivity contribution in [2.75, 3.05) is 14.2 Å². The van der Waals surface area contributed by atoms with Gasteiger partial charge in [-0.15, -0.1) is 6.58 Å². The van der Waals surface area contributed by atoms with Crippen molar-refractivity contribution in [3.63, 3.8) is 0 Å². The van der Waals surface area contributed by atoms with Crippen molar-refractivity contribution >= 4 is 10.8 Å². The summed E-state index contributed by atoms with van der Waals surface area (Å²) in [7, 11) is 3.45. The van der Waals surface area contributed by atoms with E-state index in [1.807, 2.05) is 18.2 Å². The van der Waals surface area contributed by atoms with Gasteiger partial charge in [-0.05, 0) is 13.3 Å². The summed E-state index contributed by atoms with van der Waals surface area (Å²) in [6, 6.07) is 8.20. The maximum atomic E-state index is 6.14. The van der Waals surface area contributed by atoms with Gasteiger partial charge in [0.05, 0.1) is 26.4 Å². The molecule has 0 radical (unpaired) electrons. The Balaban J connectivity index is 2.30. The number of fused-ring (bicyclic) bond motifs is 2. The Labute approximate surface area is 131 Å². The van der Waals surface area contributed by atoms with Gasteiger partial charge in [0, 0.05) is 28.3 Å². The monoisotopic (exact) mass is 298 g/mol. The van der Waals surface area contributed by atoms with E-state index in [0.29, 0.717) is 0 Å². The number of hydrogen-bond acceptors (Lipinski definition) is 3. The van der Waals surface area contributed by atoms with Gasteiger partial charge in [0.15, 0.2) is 0 Å². The summed E-state index contributed by atoms with van der Waals surface area (Å²) >= 11 is 0. The topological polar surface area (TPSA) is 27.7 Å². The molecule has 0 fully saturated rings. The second-order valence-corrected chi connectivity index (χ2v) is 5.63. The second kappa shape index (κ2) is 6.01. The van der Waals surface area contributed by atoms with Crippen LogP contribution in [0.5, 0.6) is 11.5 Å². The number of rotatable bonds is 4. The summed E-state index contributed by atoms with van der Waals surface area (Å²) in [5.41, 5.74) is 2.31. The highest BCUT2D eigenvalue weighted by molar-refractivity contribution is 5.96. The lowest BCUT2D eigenvalue weighted by molar-refractivity contribution is -0.0151. The predicted molar refractivity (Wildman–Crippen MR) is 88.9 cm³/mol. The van der Waals surface area contributed by atoms with E-state index >= 15 is 0 Å². The maximum Gasteiger partial charge on any atom is 0.133 e. The molecule has 0 saturated carbocycles. The van der Waals surface area contributed by atoms with E-state index in [4.69, 9.17) is 14.2 Å². The summed E-state index contributed by atoms with van der Waals surface area (Å²) in [5, 5.41) is 2.16. The van der Waals surface area contributed by atoms with Crippen LogP contribution in [-0.2, 0) is 11.2 Å². The third kappa shape index (κ3) is 2.26. The molecular weight excluding hydrogens is 276 g/mol. The van der Waals surface area contributed by atoms with Crippen LogP contribution in [0.25, 0.3) is 10.8 Å². The van der Waals surface area contributed by atoms with Gasteiger partial charge in [0.2, 0.25) is 0 Å². The molecular formula is C19H22O3.